The summed E-state index contributed by atoms with van der Waals surface area (Å²) in [7, 11) is 0. The number of benzene rings is 4. The van der Waals surface area contributed by atoms with Crippen LogP contribution in [0, 0.1) is 0 Å². The van der Waals surface area contributed by atoms with Crippen LogP contribution in [0.15, 0.2) is 72.8 Å². The van der Waals surface area contributed by atoms with E-state index in [1.165, 1.54) is 0 Å². The molecule has 0 aliphatic carbocycles. The van der Waals surface area contributed by atoms with Crippen molar-refractivity contribution in [2.75, 3.05) is 6.61 Å². The van der Waals surface area contributed by atoms with Crippen LogP contribution < -0.4 is 4.74 Å². The predicted octanol–water partition coefficient (Wildman–Crippen LogP) is 7.09. The molecule has 0 aromatic heterocycles. The highest BCUT2D eigenvalue weighted by molar-refractivity contribution is 6.37. The quantitative estimate of drug-likeness (QED) is 0.373. The first-order valence-electron chi connectivity index (χ1n) is 8.27. The molecule has 0 unspecified atom stereocenters. The molecule has 0 radical (unpaired) electrons. The fourth-order valence-corrected chi connectivity index (χ4v) is 3.16. The molecule has 0 spiro atoms. The Labute approximate surface area is 162 Å². The molecule has 0 bridgehead atoms. The van der Waals surface area contributed by atoms with Gasteiger partial charge in [-0.1, -0.05) is 47.5 Å². The van der Waals surface area contributed by atoms with E-state index in [1.54, 1.807) is 24.3 Å². The number of hydrogen-bond donors (Lipinski definition) is 1. The van der Waals surface area contributed by atoms with Gasteiger partial charge in [-0.2, -0.15) is 0 Å². The molecule has 132 valence electrons. The van der Waals surface area contributed by atoms with Crippen molar-refractivity contribution in [2.45, 2.75) is 6.92 Å². The highest BCUT2D eigenvalue weighted by Crippen LogP contribution is 2.31. The van der Waals surface area contributed by atoms with E-state index in [2.05, 4.69) is 12.1 Å². The lowest BCUT2D eigenvalue weighted by atomic mass is 10.0. The van der Waals surface area contributed by atoms with Gasteiger partial charge in [-0.25, -0.2) is 0 Å². The maximum Gasteiger partial charge on any atom is 0.119 e. The third-order valence-corrected chi connectivity index (χ3v) is 4.58. The minimum absolute atomic E-state index is 0.267. The lowest BCUT2D eigenvalue weighted by Crippen LogP contribution is -1.89. The maximum atomic E-state index is 8.87. The molecule has 0 heterocycles. The van der Waals surface area contributed by atoms with Crippen molar-refractivity contribution in [3.63, 3.8) is 0 Å². The summed E-state index contributed by atoms with van der Waals surface area (Å²) < 4.78 is 5.15. The molecule has 2 nitrogen and oxygen atoms in total. The van der Waals surface area contributed by atoms with Crippen LogP contribution in [0.1, 0.15) is 6.92 Å². The van der Waals surface area contributed by atoms with Crippen molar-refractivity contribution >= 4 is 44.7 Å². The zero-order valence-corrected chi connectivity index (χ0v) is 15.8. The summed E-state index contributed by atoms with van der Waals surface area (Å²) in [6.45, 7) is 2.58. The summed E-state index contributed by atoms with van der Waals surface area (Å²) in [6.07, 6.45) is 0. The van der Waals surface area contributed by atoms with Gasteiger partial charge in [0, 0.05) is 20.8 Å². The smallest absolute Gasteiger partial charge is 0.119 e. The van der Waals surface area contributed by atoms with E-state index in [1.807, 2.05) is 43.3 Å². The van der Waals surface area contributed by atoms with Gasteiger partial charge in [0.05, 0.1) is 6.61 Å². The first-order valence-corrected chi connectivity index (χ1v) is 9.02. The number of phenols is 1. The topological polar surface area (TPSA) is 29.5 Å². The number of aromatic hydroxyl groups is 1. The third-order valence-electron chi connectivity index (χ3n) is 3.92. The van der Waals surface area contributed by atoms with Crippen molar-refractivity contribution in [1.82, 2.24) is 0 Å². The Hall–Kier alpha value is -2.42. The van der Waals surface area contributed by atoms with Crippen molar-refractivity contribution < 1.29 is 9.84 Å². The molecule has 0 atom stereocenters. The van der Waals surface area contributed by atoms with Crippen LogP contribution in [0.2, 0.25) is 10.0 Å². The molecule has 0 saturated carbocycles. The second kappa shape index (κ2) is 8.31. The van der Waals surface area contributed by atoms with Gasteiger partial charge in [0.1, 0.15) is 11.5 Å². The number of rotatable bonds is 2. The summed E-state index contributed by atoms with van der Waals surface area (Å²) >= 11 is 12.3. The second-order valence-corrected chi connectivity index (χ2v) is 6.52. The Balaban J connectivity index is 0.000000170. The van der Waals surface area contributed by atoms with E-state index in [9.17, 15) is 0 Å². The summed E-state index contributed by atoms with van der Waals surface area (Å²) in [5.41, 5.74) is 0. The molecule has 0 aliphatic rings. The van der Waals surface area contributed by atoms with Crippen molar-refractivity contribution in [1.29, 1.82) is 0 Å². The van der Waals surface area contributed by atoms with Crippen LogP contribution in [0.4, 0.5) is 0 Å². The zero-order valence-electron chi connectivity index (χ0n) is 14.2. The summed E-state index contributed by atoms with van der Waals surface area (Å²) in [5, 5.41) is 14.8. The highest BCUT2D eigenvalue weighted by Gasteiger charge is 2.03. The van der Waals surface area contributed by atoms with E-state index in [-0.39, 0.29) is 5.75 Å². The van der Waals surface area contributed by atoms with Gasteiger partial charge < -0.3 is 9.84 Å². The summed E-state index contributed by atoms with van der Waals surface area (Å²) in [6, 6.07) is 22.6. The molecule has 26 heavy (non-hydrogen) atoms. The Kier molecular flexibility index (Phi) is 5.87. The van der Waals surface area contributed by atoms with Crippen LogP contribution in [0.25, 0.3) is 21.5 Å². The molecule has 4 rings (SSSR count). The van der Waals surface area contributed by atoms with Crippen molar-refractivity contribution in [2.24, 2.45) is 0 Å². The predicted molar refractivity (Wildman–Crippen MR) is 111 cm³/mol. The first kappa shape index (κ1) is 18.4. The monoisotopic (exact) mass is 384 g/mol. The fraction of sp³-hybridized carbons (Fsp3) is 0.0909. The van der Waals surface area contributed by atoms with Crippen LogP contribution in [0.3, 0.4) is 0 Å². The Morgan fingerprint density at radius 1 is 0.769 bits per heavy atom. The van der Waals surface area contributed by atoms with Crippen molar-refractivity contribution in [3.8, 4) is 11.5 Å². The van der Waals surface area contributed by atoms with Gasteiger partial charge in [0.15, 0.2) is 0 Å². The molecule has 0 amide bonds. The van der Waals surface area contributed by atoms with Crippen LogP contribution >= 0.6 is 23.2 Å². The largest absolute Gasteiger partial charge is 0.508 e. The molecule has 0 saturated heterocycles. The van der Waals surface area contributed by atoms with E-state index in [0.717, 1.165) is 37.3 Å². The molecule has 4 aromatic carbocycles. The van der Waals surface area contributed by atoms with E-state index >= 15 is 0 Å². The first-order chi connectivity index (χ1) is 12.6. The Morgan fingerprint density at radius 3 is 1.73 bits per heavy atom. The molecule has 4 heteroatoms. The molecule has 4 aromatic rings. The Morgan fingerprint density at radius 2 is 1.27 bits per heavy atom. The lowest BCUT2D eigenvalue weighted by molar-refractivity contribution is 0.339. The molecule has 0 aliphatic heterocycles. The van der Waals surface area contributed by atoms with Gasteiger partial charge in [0.2, 0.25) is 0 Å². The summed E-state index contributed by atoms with van der Waals surface area (Å²) in [4.78, 5) is 0. The average molecular weight is 385 g/mol. The SMILES string of the molecule is CCOc1ccc(O)cc1.Clc1cccc2cc3c(Cl)cccc3cc12. The van der Waals surface area contributed by atoms with Gasteiger partial charge in [-0.05, 0) is 66.2 Å². The average Bonchev–Trinajstić information content (AvgIpc) is 2.64. The van der Waals surface area contributed by atoms with Crippen LogP contribution in [-0.4, -0.2) is 11.7 Å². The van der Waals surface area contributed by atoms with Crippen LogP contribution in [0.5, 0.6) is 11.5 Å². The molecular weight excluding hydrogens is 367 g/mol. The standard InChI is InChI=1S/C14H8Cl2.C8H10O2/c15-13-5-1-3-9-7-12-10(8-11(9)13)4-2-6-14(12)16;1-2-10-8-5-3-7(9)4-6-8/h1-8H;3-6,9H,2H2,1H3. The maximum absolute atomic E-state index is 8.87. The normalized spacial score (nSPS) is 10.4. The highest BCUT2D eigenvalue weighted by atomic mass is 35.5. The van der Waals surface area contributed by atoms with Gasteiger partial charge in [-0.15, -0.1) is 0 Å². The van der Waals surface area contributed by atoms with Gasteiger partial charge in [0.25, 0.3) is 0 Å². The van der Waals surface area contributed by atoms with E-state index in [4.69, 9.17) is 33.0 Å². The number of hydrogen-bond acceptors (Lipinski definition) is 2. The number of halogens is 2. The number of ether oxygens (including phenoxy) is 1. The van der Waals surface area contributed by atoms with Crippen LogP contribution in [-0.2, 0) is 0 Å². The second-order valence-electron chi connectivity index (χ2n) is 5.70. The van der Waals surface area contributed by atoms with Gasteiger partial charge in [-0.3, -0.25) is 0 Å². The molecular formula is C22H18Cl2O2. The fourth-order valence-electron chi connectivity index (χ4n) is 2.68. The molecule has 0 fully saturated rings. The molecule has 1 N–H and O–H groups in total. The third kappa shape index (κ3) is 4.21. The Bertz CT molecular complexity index is 966. The van der Waals surface area contributed by atoms with E-state index in [0.29, 0.717) is 6.61 Å². The van der Waals surface area contributed by atoms with E-state index < -0.39 is 0 Å². The van der Waals surface area contributed by atoms with Gasteiger partial charge >= 0.3 is 0 Å². The minimum Gasteiger partial charge on any atom is -0.508 e. The zero-order chi connectivity index (χ0) is 18.5. The van der Waals surface area contributed by atoms with Crippen molar-refractivity contribution in [3.05, 3.63) is 82.8 Å². The number of phenolic OH excluding ortho intramolecular Hbond substituents is 1. The minimum atomic E-state index is 0.267. The lowest BCUT2D eigenvalue weighted by Gasteiger charge is -2.05. The summed E-state index contributed by atoms with van der Waals surface area (Å²) in [5.74, 6) is 1.06. The number of fused-ring (bicyclic) bond motifs is 2.